The van der Waals surface area contributed by atoms with Gasteiger partial charge in [-0.05, 0) is 49.4 Å². The van der Waals surface area contributed by atoms with Crippen molar-refractivity contribution in [2.45, 2.75) is 6.92 Å². The average Bonchev–Trinajstić information content (AvgIpc) is 2.79. The molecule has 0 atom stereocenters. The first-order valence-corrected chi connectivity index (χ1v) is 9.75. The van der Waals surface area contributed by atoms with Crippen LogP contribution in [0.2, 0.25) is 0 Å². The summed E-state index contributed by atoms with van der Waals surface area (Å²) in [5, 5.41) is 6.09. The number of fused-ring (bicyclic) bond motifs is 2. The van der Waals surface area contributed by atoms with Crippen LogP contribution in [-0.4, -0.2) is 26.5 Å². The molecule has 4 aromatic heterocycles. The molecule has 0 unspecified atom stereocenters. The highest BCUT2D eigenvalue weighted by Crippen LogP contribution is 2.35. The topological polar surface area (TPSA) is 63.6 Å². The van der Waals surface area contributed by atoms with Gasteiger partial charge in [-0.25, -0.2) is 19.3 Å². The monoisotopic (exact) mass is 395 g/mol. The number of pyridine rings is 4. The molecule has 4 heterocycles. The summed E-state index contributed by atoms with van der Waals surface area (Å²) < 4.78 is 14.5. The number of hydrogen-bond acceptors (Lipinski definition) is 5. The maximum Gasteiger partial charge on any atom is 0.160 e. The van der Waals surface area contributed by atoms with Crippen molar-refractivity contribution in [3.05, 3.63) is 79.0 Å². The first-order chi connectivity index (χ1) is 14.8. The average molecular weight is 395 g/mol. The highest BCUT2D eigenvalue weighted by atomic mass is 19.1. The van der Waals surface area contributed by atoms with Crippen LogP contribution in [0.5, 0.6) is 0 Å². The Morgan fingerprint density at radius 2 is 1.63 bits per heavy atom. The van der Waals surface area contributed by atoms with Gasteiger partial charge < -0.3 is 5.32 Å². The normalized spacial score (nSPS) is 11.1. The van der Waals surface area contributed by atoms with Crippen molar-refractivity contribution >= 4 is 27.6 Å². The number of benzene rings is 1. The molecule has 1 N–H and O–H groups in total. The first-order valence-electron chi connectivity index (χ1n) is 9.75. The van der Waals surface area contributed by atoms with Crippen LogP contribution in [0.15, 0.2) is 73.2 Å². The van der Waals surface area contributed by atoms with Crippen LogP contribution in [0.3, 0.4) is 0 Å². The molecule has 0 aliphatic rings. The van der Waals surface area contributed by atoms with Crippen molar-refractivity contribution in [2.75, 3.05) is 11.9 Å². The standard InChI is InChI=1S/C24H18FN5/c1-2-26-23-17-10-12-27-22(15(17)9-13-29-23)19-14-21(18-6-3-4-8-20(18)25)30-24-16(19)7-5-11-28-24/h3-14H,2H2,1H3,(H,26,29). The van der Waals surface area contributed by atoms with Gasteiger partial charge in [0.05, 0.1) is 11.4 Å². The van der Waals surface area contributed by atoms with Gasteiger partial charge in [-0.15, -0.1) is 0 Å². The molecule has 146 valence electrons. The van der Waals surface area contributed by atoms with Crippen LogP contribution in [-0.2, 0) is 0 Å². The number of halogens is 1. The summed E-state index contributed by atoms with van der Waals surface area (Å²) in [5.41, 5.74) is 3.14. The fourth-order valence-electron chi connectivity index (χ4n) is 3.69. The maximum absolute atomic E-state index is 14.5. The van der Waals surface area contributed by atoms with E-state index >= 15 is 0 Å². The summed E-state index contributed by atoms with van der Waals surface area (Å²) in [5.74, 6) is 0.486. The second-order valence-corrected chi connectivity index (χ2v) is 6.85. The second-order valence-electron chi connectivity index (χ2n) is 6.85. The molecule has 0 fully saturated rings. The van der Waals surface area contributed by atoms with Gasteiger partial charge in [0.1, 0.15) is 11.6 Å². The fraction of sp³-hybridized carbons (Fsp3) is 0.0833. The quantitative estimate of drug-likeness (QED) is 0.437. The van der Waals surface area contributed by atoms with Gasteiger partial charge >= 0.3 is 0 Å². The molecule has 6 heteroatoms. The first kappa shape index (κ1) is 18.1. The third kappa shape index (κ3) is 3.03. The van der Waals surface area contributed by atoms with Gasteiger partial charge in [0.2, 0.25) is 0 Å². The Balaban J connectivity index is 1.83. The zero-order valence-corrected chi connectivity index (χ0v) is 16.3. The predicted octanol–water partition coefficient (Wildman–Crippen LogP) is 5.48. The lowest BCUT2D eigenvalue weighted by Gasteiger charge is -2.13. The Morgan fingerprint density at radius 3 is 2.50 bits per heavy atom. The molecule has 0 saturated heterocycles. The SMILES string of the molecule is CCNc1nccc2c(-c3cc(-c4ccccc4F)nc4ncccc34)nccc12. The third-order valence-electron chi connectivity index (χ3n) is 5.02. The van der Waals surface area contributed by atoms with E-state index in [1.165, 1.54) is 6.07 Å². The molecule has 5 aromatic rings. The molecular weight excluding hydrogens is 377 g/mol. The van der Waals surface area contributed by atoms with Crippen molar-refractivity contribution in [1.82, 2.24) is 19.9 Å². The van der Waals surface area contributed by atoms with Gasteiger partial charge in [0.15, 0.2) is 5.65 Å². The van der Waals surface area contributed by atoms with Crippen molar-refractivity contribution < 1.29 is 4.39 Å². The van der Waals surface area contributed by atoms with Gasteiger partial charge in [-0.1, -0.05) is 12.1 Å². The van der Waals surface area contributed by atoms with E-state index in [4.69, 9.17) is 0 Å². The summed E-state index contributed by atoms with van der Waals surface area (Å²) in [6.07, 6.45) is 5.23. The van der Waals surface area contributed by atoms with E-state index in [9.17, 15) is 4.39 Å². The number of anilines is 1. The zero-order chi connectivity index (χ0) is 20.5. The molecule has 0 saturated carbocycles. The predicted molar refractivity (Wildman–Crippen MR) is 118 cm³/mol. The highest BCUT2D eigenvalue weighted by Gasteiger charge is 2.16. The minimum absolute atomic E-state index is 0.323. The van der Waals surface area contributed by atoms with Crippen LogP contribution in [0.4, 0.5) is 10.2 Å². The molecule has 30 heavy (non-hydrogen) atoms. The van der Waals surface area contributed by atoms with Gasteiger partial charge in [-0.2, -0.15) is 0 Å². The van der Waals surface area contributed by atoms with E-state index < -0.39 is 0 Å². The summed E-state index contributed by atoms with van der Waals surface area (Å²) in [4.78, 5) is 18.2. The van der Waals surface area contributed by atoms with Crippen LogP contribution >= 0.6 is 0 Å². The summed E-state index contributed by atoms with van der Waals surface area (Å²) >= 11 is 0. The Hall–Kier alpha value is -3.93. The van der Waals surface area contributed by atoms with E-state index in [1.54, 1.807) is 36.8 Å². The number of nitrogens with zero attached hydrogens (tertiary/aromatic N) is 4. The van der Waals surface area contributed by atoms with Gasteiger partial charge in [0.25, 0.3) is 0 Å². The van der Waals surface area contributed by atoms with Crippen molar-refractivity contribution in [3.8, 4) is 22.5 Å². The maximum atomic E-state index is 14.5. The summed E-state index contributed by atoms with van der Waals surface area (Å²) in [7, 11) is 0. The Labute approximate surface area is 172 Å². The lowest BCUT2D eigenvalue weighted by Crippen LogP contribution is -2.00. The Bertz CT molecular complexity index is 1380. The summed E-state index contributed by atoms with van der Waals surface area (Å²) in [6.45, 7) is 2.80. The fourth-order valence-corrected chi connectivity index (χ4v) is 3.69. The molecule has 0 aliphatic heterocycles. The number of hydrogen-bond donors (Lipinski definition) is 1. The summed E-state index contributed by atoms with van der Waals surface area (Å²) in [6, 6.07) is 16.2. The zero-order valence-electron chi connectivity index (χ0n) is 16.3. The minimum atomic E-state index is -0.323. The molecular formula is C24H18FN5. The third-order valence-corrected chi connectivity index (χ3v) is 5.02. The highest BCUT2D eigenvalue weighted by molar-refractivity contribution is 6.05. The second kappa shape index (κ2) is 7.48. The largest absolute Gasteiger partial charge is 0.370 e. The van der Waals surface area contributed by atoms with E-state index in [2.05, 4.69) is 25.3 Å². The molecule has 0 radical (unpaired) electrons. The Morgan fingerprint density at radius 1 is 0.800 bits per heavy atom. The number of rotatable bonds is 4. The molecule has 1 aromatic carbocycles. The van der Waals surface area contributed by atoms with Gasteiger partial charge in [0, 0.05) is 52.4 Å². The van der Waals surface area contributed by atoms with E-state index in [-0.39, 0.29) is 5.82 Å². The van der Waals surface area contributed by atoms with Crippen LogP contribution < -0.4 is 5.32 Å². The van der Waals surface area contributed by atoms with Crippen LogP contribution in [0.1, 0.15) is 6.92 Å². The molecule has 0 aliphatic carbocycles. The van der Waals surface area contributed by atoms with E-state index in [0.29, 0.717) is 16.9 Å². The minimum Gasteiger partial charge on any atom is -0.370 e. The molecule has 5 nitrogen and oxygen atoms in total. The smallest absolute Gasteiger partial charge is 0.160 e. The lowest BCUT2D eigenvalue weighted by atomic mass is 9.99. The van der Waals surface area contributed by atoms with Crippen molar-refractivity contribution in [1.29, 1.82) is 0 Å². The van der Waals surface area contributed by atoms with E-state index in [0.717, 1.165) is 39.8 Å². The molecule has 0 bridgehead atoms. The molecule has 0 amide bonds. The molecule has 0 spiro atoms. The number of nitrogens with one attached hydrogen (secondary N) is 1. The van der Waals surface area contributed by atoms with Crippen molar-refractivity contribution in [3.63, 3.8) is 0 Å². The van der Waals surface area contributed by atoms with E-state index in [1.807, 2.05) is 37.3 Å². The Kier molecular flexibility index (Phi) is 4.52. The van der Waals surface area contributed by atoms with Gasteiger partial charge in [-0.3, -0.25) is 4.98 Å². The number of aromatic nitrogens is 4. The van der Waals surface area contributed by atoms with Crippen LogP contribution in [0, 0.1) is 5.82 Å². The lowest BCUT2D eigenvalue weighted by molar-refractivity contribution is 0.631. The van der Waals surface area contributed by atoms with Crippen LogP contribution in [0.25, 0.3) is 44.3 Å². The van der Waals surface area contributed by atoms with Crippen molar-refractivity contribution in [2.24, 2.45) is 0 Å². The molecule has 5 rings (SSSR count).